The van der Waals surface area contributed by atoms with Gasteiger partial charge in [-0.15, -0.1) is 0 Å². The molecule has 0 amide bonds. The zero-order valence-corrected chi connectivity index (χ0v) is 8.87. The zero-order chi connectivity index (χ0) is 16.3. The first-order valence-corrected chi connectivity index (χ1v) is 4.22. The molecule has 0 aromatic rings. The molecule has 0 aromatic carbocycles. The predicted molar refractivity (Wildman–Crippen MR) is 43.5 cm³/mol. The van der Waals surface area contributed by atoms with Gasteiger partial charge in [-0.3, -0.25) is 0 Å². The van der Waals surface area contributed by atoms with Crippen molar-refractivity contribution in [1.82, 2.24) is 0 Å². The Labute approximate surface area is 103 Å². The van der Waals surface area contributed by atoms with Gasteiger partial charge in [0.1, 0.15) is 0 Å². The van der Waals surface area contributed by atoms with E-state index >= 15 is 0 Å². The van der Waals surface area contributed by atoms with Gasteiger partial charge in [-0.25, -0.2) is 13.6 Å². The molecule has 0 atom stereocenters. The van der Waals surface area contributed by atoms with E-state index in [1.54, 1.807) is 0 Å². The van der Waals surface area contributed by atoms with Gasteiger partial charge in [0.25, 0.3) is 0 Å². The summed E-state index contributed by atoms with van der Waals surface area (Å²) in [6.07, 6.45) is -6.00. The number of rotatable bonds is 5. The standard InChI is InChI=1S/C8H3F9O3/c9-2(3(10)5(12)13)4(11)8(16,17)7(14,15)1-20-6(18)19/h1H2,(H,18,19)/b4-2+. The third kappa shape index (κ3) is 3.81. The highest BCUT2D eigenvalue weighted by Crippen LogP contribution is 2.44. The molecule has 0 unspecified atom stereocenters. The number of hydrogen-bond donors (Lipinski definition) is 1. The molecule has 0 aliphatic rings. The number of hydrogen-bond acceptors (Lipinski definition) is 2. The molecule has 0 spiro atoms. The van der Waals surface area contributed by atoms with Gasteiger partial charge in [-0.1, -0.05) is 0 Å². The van der Waals surface area contributed by atoms with E-state index in [1.165, 1.54) is 0 Å². The van der Waals surface area contributed by atoms with Crippen LogP contribution in [0.5, 0.6) is 0 Å². The van der Waals surface area contributed by atoms with Crippen LogP contribution >= 0.6 is 0 Å². The number of carbonyl (C=O) groups is 1. The second-order valence-corrected chi connectivity index (χ2v) is 3.04. The highest BCUT2D eigenvalue weighted by atomic mass is 19.3. The van der Waals surface area contributed by atoms with Gasteiger partial charge >= 0.3 is 24.1 Å². The van der Waals surface area contributed by atoms with Crippen molar-refractivity contribution in [2.24, 2.45) is 0 Å². The van der Waals surface area contributed by atoms with Crippen molar-refractivity contribution in [2.45, 2.75) is 11.8 Å². The topological polar surface area (TPSA) is 46.5 Å². The summed E-state index contributed by atoms with van der Waals surface area (Å²) >= 11 is 0. The van der Waals surface area contributed by atoms with Crippen LogP contribution in [0.25, 0.3) is 0 Å². The van der Waals surface area contributed by atoms with Gasteiger partial charge < -0.3 is 9.84 Å². The number of alkyl halides is 4. The summed E-state index contributed by atoms with van der Waals surface area (Å²) in [7, 11) is 0. The fourth-order valence-corrected chi connectivity index (χ4v) is 0.721. The highest BCUT2D eigenvalue weighted by molar-refractivity contribution is 5.56. The first kappa shape index (κ1) is 18.1. The van der Waals surface area contributed by atoms with Gasteiger partial charge in [-0.2, -0.15) is 30.7 Å². The molecular weight excluding hydrogens is 315 g/mol. The summed E-state index contributed by atoms with van der Waals surface area (Å²) in [5, 5.41) is 7.80. The Kier molecular flexibility index (Phi) is 5.48. The van der Waals surface area contributed by atoms with Crippen molar-refractivity contribution < 1.29 is 54.2 Å². The summed E-state index contributed by atoms with van der Waals surface area (Å²) < 4.78 is 114. The van der Waals surface area contributed by atoms with E-state index in [2.05, 4.69) is 4.74 Å². The normalized spacial score (nSPS) is 13.7. The first-order valence-electron chi connectivity index (χ1n) is 4.22. The summed E-state index contributed by atoms with van der Waals surface area (Å²) in [5.41, 5.74) is 0. The maximum Gasteiger partial charge on any atom is 0.505 e. The zero-order valence-electron chi connectivity index (χ0n) is 8.87. The Bertz CT molecular complexity index is 450. The molecule has 3 nitrogen and oxygen atoms in total. The summed E-state index contributed by atoms with van der Waals surface area (Å²) in [6, 6.07) is 0. The largest absolute Gasteiger partial charge is 0.505 e. The highest BCUT2D eigenvalue weighted by Gasteiger charge is 2.62. The minimum absolute atomic E-state index is 2.44. The molecule has 0 bridgehead atoms. The van der Waals surface area contributed by atoms with Gasteiger partial charge in [-0.05, 0) is 0 Å². The lowest BCUT2D eigenvalue weighted by atomic mass is 10.1. The van der Waals surface area contributed by atoms with Crippen LogP contribution in [-0.4, -0.2) is 29.7 Å². The van der Waals surface area contributed by atoms with Crippen molar-refractivity contribution in [3.05, 3.63) is 23.6 Å². The molecule has 116 valence electrons. The average Bonchev–Trinajstić information content (AvgIpc) is 2.33. The van der Waals surface area contributed by atoms with Crippen molar-refractivity contribution >= 4 is 6.16 Å². The minimum atomic E-state index is -6.11. The molecular formula is C8H3F9O3. The van der Waals surface area contributed by atoms with E-state index in [9.17, 15) is 44.3 Å². The van der Waals surface area contributed by atoms with E-state index in [-0.39, 0.29) is 0 Å². The van der Waals surface area contributed by atoms with E-state index in [4.69, 9.17) is 5.11 Å². The number of allylic oxidation sites excluding steroid dienone is 3. The van der Waals surface area contributed by atoms with Crippen molar-refractivity contribution in [3.8, 4) is 0 Å². The Balaban J connectivity index is 5.56. The molecule has 0 aliphatic carbocycles. The molecule has 0 heterocycles. The van der Waals surface area contributed by atoms with Crippen molar-refractivity contribution in [3.63, 3.8) is 0 Å². The molecule has 0 aliphatic heterocycles. The van der Waals surface area contributed by atoms with Crippen LogP contribution in [0.4, 0.5) is 44.3 Å². The van der Waals surface area contributed by atoms with Gasteiger partial charge in [0, 0.05) is 0 Å². The monoisotopic (exact) mass is 318 g/mol. The first-order chi connectivity index (χ1) is 8.84. The van der Waals surface area contributed by atoms with Crippen LogP contribution in [0.1, 0.15) is 0 Å². The molecule has 1 N–H and O–H groups in total. The maximum atomic E-state index is 12.8. The van der Waals surface area contributed by atoms with Crippen LogP contribution in [0.3, 0.4) is 0 Å². The van der Waals surface area contributed by atoms with Gasteiger partial charge in [0.2, 0.25) is 17.5 Å². The molecule has 0 rings (SSSR count). The second kappa shape index (κ2) is 6.05. The predicted octanol–water partition coefficient (Wildman–Crippen LogP) is 4.18. The lowest BCUT2D eigenvalue weighted by Gasteiger charge is -2.24. The molecule has 12 heteroatoms. The maximum absolute atomic E-state index is 12.8. The lowest BCUT2D eigenvalue weighted by molar-refractivity contribution is -0.214. The second-order valence-electron chi connectivity index (χ2n) is 3.04. The fourth-order valence-electron chi connectivity index (χ4n) is 0.721. The third-order valence-electron chi connectivity index (χ3n) is 1.66. The van der Waals surface area contributed by atoms with Crippen molar-refractivity contribution in [1.29, 1.82) is 0 Å². The molecule has 0 saturated carbocycles. The Hall–Kier alpha value is -1.88. The molecule has 0 fully saturated rings. The quantitative estimate of drug-likeness (QED) is 0.470. The van der Waals surface area contributed by atoms with Crippen LogP contribution < -0.4 is 0 Å². The van der Waals surface area contributed by atoms with Crippen LogP contribution in [-0.2, 0) is 4.74 Å². The van der Waals surface area contributed by atoms with Crippen LogP contribution in [0, 0.1) is 0 Å². The molecule has 0 aromatic heterocycles. The number of ether oxygens (including phenoxy) is 1. The minimum Gasteiger partial charge on any atom is -0.450 e. The lowest BCUT2D eigenvalue weighted by Crippen LogP contribution is -2.45. The van der Waals surface area contributed by atoms with E-state index < -0.39 is 48.2 Å². The summed E-state index contributed by atoms with van der Waals surface area (Å²) in [6.45, 7) is -2.61. The Morgan fingerprint density at radius 3 is 1.75 bits per heavy atom. The summed E-state index contributed by atoms with van der Waals surface area (Å²) in [4.78, 5) is 9.73. The molecule has 20 heavy (non-hydrogen) atoms. The van der Waals surface area contributed by atoms with Crippen LogP contribution in [0.15, 0.2) is 23.6 Å². The fraction of sp³-hybridized carbons (Fsp3) is 0.375. The van der Waals surface area contributed by atoms with Gasteiger partial charge in [0.15, 0.2) is 6.61 Å². The van der Waals surface area contributed by atoms with E-state index in [1.807, 2.05) is 0 Å². The molecule has 0 saturated heterocycles. The van der Waals surface area contributed by atoms with E-state index in [0.29, 0.717) is 0 Å². The molecule has 0 radical (unpaired) electrons. The number of carboxylic acid groups (broad SMARTS) is 1. The number of halogens is 9. The Morgan fingerprint density at radius 1 is 0.950 bits per heavy atom. The Morgan fingerprint density at radius 2 is 1.40 bits per heavy atom. The SMILES string of the molecule is O=C(O)OCC(F)(F)C(F)(F)/C(F)=C(\F)C(F)=C(F)F. The third-order valence-corrected chi connectivity index (χ3v) is 1.66. The van der Waals surface area contributed by atoms with Crippen LogP contribution in [0.2, 0.25) is 0 Å². The van der Waals surface area contributed by atoms with Crippen molar-refractivity contribution in [2.75, 3.05) is 6.61 Å². The van der Waals surface area contributed by atoms with E-state index in [0.717, 1.165) is 0 Å². The average molecular weight is 318 g/mol. The smallest absolute Gasteiger partial charge is 0.450 e. The van der Waals surface area contributed by atoms with Gasteiger partial charge in [0.05, 0.1) is 0 Å². The summed E-state index contributed by atoms with van der Waals surface area (Å²) in [5.74, 6) is -22.5.